The highest BCUT2D eigenvalue weighted by molar-refractivity contribution is 9.09. The second kappa shape index (κ2) is 3.10. The minimum absolute atomic E-state index is 0.532. The summed E-state index contributed by atoms with van der Waals surface area (Å²) in [5.41, 5.74) is 5.93. The summed E-state index contributed by atoms with van der Waals surface area (Å²) in [5.74, 6) is 0. The molecule has 2 nitrogen and oxygen atoms in total. The lowest BCUT2D eigenvalue weighted by Crippen LogP contribution is -2.26. The van der Waals surface area contributed by atoms with Gasteiger partial charge in [-0.1, -0.05) is 22.0 Å². The Hall–Kier alpha value is -0.0200. The number of hydrazine groups is 1. The van der Waals surface area contributed by atoms with Crippen LogP contribution in [-0.2, 0) is 0 Å². The first-order valence-corrected chi connectivity index (χ1v) is 3.60. The van der Waals surface area contributed by atoms with E-state index in [0.717, 1.165) is 13.0 Å². The zero-order chi connectivity index (χ0) is 5.82. The lowest BCUT2D eigenvalue weighted by Gasteiger charge is -1.98. The van der Waals surface area contributed by atoms with Gasteiger partial charge < -0.3 is 5.43 Å². The van der Waals surface area contributed by atoms with Gasteiger partial charge in [0.1, 0.15) is 0 Å². The fraction of sp³-hybridized carbons (Fsp3) is 0.600. The van der Waals surface area contributed by atoms with Crippen molar-refractivity contribution >= 4 is 15.9 Å². The van der Waals surface area contributed by atoms with Crippen LogP contribution in [0.25, 0.3) is 0 Å². The predicted molar refractivity (Wildman–Crippen MR) is 37.6 cm³/mol. The highest BCUT2D eigenvalue weighted by Gasteiger charge is 1.99. The van der Waals surface area contributed by atoms with Gasteiger partial charge in [-0.05, 0) is 6.42 Å². The van der Waals surface area contributed by atoms with E-state index in [1.807, 2.05) is 6.20 Å². The van der Waals surface area contributed by atoms with E-state index < -0.39 is 0 Å². The van der Waals surface area contributed by atoms with Gasteiger partial charge in [-0.25, -0.2) is 5.43 Å². The maximum atomic E-state index is 3.47. The molecule has 0 fully saturated rings. The Morgan fingerprint density at radius 2 is 2.50 bits per heavy atom. The molecule has 0 radical (unpaired) electrons. The first-order chi connectivity index (χ1) is 3.89. The quantitative estimate of drug-likeness (QED) is 0.534. The molecule has 1 heterocycles. The number of allylic oxidation sites excluding steroid dienone is 1. The van der Waals surface area contributed by atoms with Gasteiger partial charge in [0.15, 0.2) is 0 Å². The first kappa shape index (κ1) is 6.11. The van der Waals surface area contributed by atoms with E-state index in [0.29, 0.717) is 4.83 Å². The zero-order valence-corrected chi connectivity index (χ0v) is 6.11. The average Bonchev–Trinajstić information content (AvgIpc) is 1.94. The topological polar surface area (TPSA) is 24.1 Å². The Kier molecular flexibility index (Phi) is 2.36. The van der Waals surface area contributed by atoms with E-state index in [4.69, 9.17) is 0 Å². The molecule has 0 aliphatic carbocycles. The summed E-state index contributed by atoms with van der Waals surface area (Å²) in [6, 6.07) is 0. The Balaban J connectivity index is 2.33. The van der Waals surface area contributed by atoms with E-state index in [2.05, 4.69) is 32.9 Å². The smallest absolute Gasteiger partial charge is 0.0355 e. The average molecular weight is 177 g/mol. The molecule has 8 heavy (non-hydrogen) atoms. The maximum absolute atomic E-state index is 3.47. The Bertz CT molecular complexity index is 92.4. The fourth-order valence-electron chi connectivity index (χ4n) is 0.590. The third kappa shape index (κ3) is 1.84. The van der Waals surface area contributed by atoms with Crippen molar-refractivity contribution in [3.05, 3.63) is 12.3 Å². The van der Waals surface area contributed by atoms with E-state index in [1.165, 1.54) is 0 Å². The highest BCUT2D eigenvalue weighted by Crippen LogP contribution is 2.05. The van der Waals surface area contributed by atoms with Gasteiger partial charge in [-0.2, -0.15) is 0 Å². The molecule has 0 spiro atoms. The summed E-state index contributed by atoms with van der Waals surface area (Å²) in [7, 11) is 0. The van der Waals surface area contributed by atoms with Gasteiger partial charge in [-0.3, -0.25) is 0 Å². The summed E-state index contributed by atoms with van der Waals surface area (Å²) in [4.78, 5) is 0.532. The number of alkyl halides is 1. The number of nitrogens with one attached hydrogen (secondary N) is 2. The maximum Gasteiger partial charge on any atom is 0.0355 e. The highest BCUT2D eigenvalue weighted by atomic mass is 79.9. The summed E-state index contributed by atoms with van der Waals surface area (Å²) in [5, 5.41) is 0. The Labute approximate surface area is 57.4 Å². The van der Waals surface area contributed by atoms with E-state index in [-0.39, 0.29) is 0 Å². The van der Waals surface area contributed by atoms with Crippen LogP contribution in [-0.4, -0.2) is 11.4 Å². The lowest BCUT2D eigenvalue weighted by atomic mass is 10.3. The van der Waals surface area contributed by atoms with Crippen molar-refractivity contribution in [3.8, 4) is 0 Å². The van der Waals surface area contributed by atoms with Crippen LogP contribution in [0.1, 0.15) is 6.42 Å². The number of halogens is 1. The second-order valence-electron chi connectivity index (χ2n) is 1.73. The molecule has 0 bridgehead atoms. The molecule has 2 N–H and O–H groups in total. The molecule has 1 aliphatic rings. The lowest BCUT2D eigenvalue weighted by molar-refractivity contribution is 0.626. The van der Waals surface area contributed by atoms with Crippen molar-refractivity contribution in [1.82, 2.24) is 10.9 Å². The van der Waals surface area contributed by atoms with Crippen LogP contribution in [0.4, 0.5) is 0 Å². The van der Waals surface area contributed by atoms with Crippen molar-refractivity contribution in [2.24, 2.45) is 0 Å². The molecule has 0 saturated heterocycles. The molecule has 3 heteroatoms. The normalized spacial score (nSPS) is 28.9. The summed E-state index contributed by atoms with van der Waals surface area (Å²) >= 11 is 3.47. The van der Waals surface area contributed by atoms with Gasteiger partial charge in [0.2, 0.25) is 0 Å². The van der Waals surface area contributed by atoms with Crippen LogP contribution in [0.5, 0.6) is 0 Å². The molecule has 0 unspecified atom stereocenters. The zero-order valence-electron chi connectivity index (χ0n) is 4.52. The summed E-state index contributed by atoms with van der Waals surface area (Å²) in [6.45, 7) is 1.02. The second-order valence-corrected chi connectivity index (χ2v) is 2.91. The third-order valence-corrected chi connectivity index (χ3v) is 1.80. The molecular formula is C5H9BrN2. The van der Waals surface area contributed by atoms with Crippen molar-refractivity contribution < 1.29 is 0 Å². The molecule has 0 aromatic heterocycles. The van der Waals surface area contributed by atoms with Gasteiger partial charge >= 0.3 is 0 Å². The summed E-state index contributed by atoms with van der Waals surface area (Å²) < 4.78 is 0. The first-order valence-electron chi connectivity index (χ1n) is 2.69. The van der Waals surface area contributed by atoms with Crippen molar-refractivity contribution in [3.63, 3.8) is 0 Å². The van der Waals surface area contributed by atoms with Gasteiger partial charge in [0.05, 0.1) is 0 Å². The molecule has 1 rings (SSSR count). The van der Waals surface area contributed by atoms with Crippen molar-refractivity contribution in [2.75, 3.05) is 6.54 Å². The molecule has 46 valence electrons. The van der Waals surface area contributed by atoms with E-state index >= 15 is 0 Å². The third-order valence-electron chi connectivity index (χ3n) is 1.04. The van der Waals surface area contributed by atoms with Gasteiger partial charge in [0, 0.05) is 17.6 Å². The van der Waals surface area contributed by atoms with E-state index in [9.17, 15) is 0 Å². The van der Waals surface area contributed by atoms with Crippen LogP contribution in [0, 0.1) is 0 Å². The van der Waals surface area contributed by atoms with Crippen LogP contribution in [0.3, 0.4) is 0 Å². The minimum atomic E-state index is 0.532. The van der Waals surface area contributed by atoms with Crippen LogP contribution < -0.4 is 10.9 Å². The van der Waals surface area contributed by atoms with Gasteiger partial charge in [0.25, 0.3) is 0 Å². The van der Waals surface area contributed by atoms with Crippen LogP contribution in [0.2, 0.25) is 0 Å². The van der Waals surface area contributed by atoms with Crippen molar-refractivity contribution in [2.45, 2.75) is 11.2 Å². The van der Waals surface area contributed by atoms with Crippen LogP contribution >= 0.6 is 15.9 Å². The number of rotatable bonds is 0. The Morgan fingerprint density at radius 3 is 3.38 bits per heavy atom. The number of hydrogen-bond acceptors (Lipinski definition) is 2. The molecule has 1 atom stereocenters. The Morgan fingerprint density at radius 1 is 1.62 bits per heavy atom. The van der Waals surface area contributed by atoms with Crippen LogP contribution in [0.15, 0.2) is 12.3 Å². The minimum Gasteiger partial charge on any atom is -0.329 e. The standard InChI is InChI=1S/C5H9BrN2/c6-5-1-3-7-8-4-2-5/h1,3,5,7-8H,2,4H2/t5-/m0/s1. The molecule has 0 amide bonds. The molecule has 1 aliphatic heterocycles. The largest absolute Gasteiger partial charge is 0.329 e. The predicted octanol–water partition coefficient (Wildman–Crippen LogP) is 0.762. The molecule has 0 aromatic rings. The van der Waals surface area contributed by atoms with E-state index in [1.54, 1.807) is 0 Å². The molecular weight excluding hydrogens is 168 g/mol. The van der Waals surface area contributed by atoms with Gasteiger partial charge in [-0.15, -0.1) is 0 Å². The monoisotopic (exact) mass is 176 g/mol. The van der Waals surface area contributed by atoms with Crippen molar-refractivity contribution in [1.29, 1.82) is 0 Å². The molecule has 0 aromatic carbocycles. The number of hydrogen-bond donors (Lipinski definition) is 2. The fourth-order valence-corrected chi connectivity index (χ4v) is 0.971. The molecule has 0 saturated carbocycles. The SMILES string of the molecule is Br[C@H]1C=CNNCC1. The summed E-state index contributed by atoms with van der Waals surface area (Å²) in [6.07, 6.45) is 5.13.